The molecule has 0 bridgehead atoms. The topological polar surface area (TPSA) is 52.0 Å². The summed E-state index contributed by atoms with van der Waals surface area (Å²) < 4.78 is 0. The standard InChI is InChI=1S/C11H15ClN2/c12-10-5-8(11(14)6-13)4-7-2-1-3-9(7)10/h4-5,11H,1-3,6,13-14H2. The van der Waals surface area contributed by atoms with Crippen molar-refractivity contribution in [1.82, 2.24) is 0 Å². The zero-order valence-corrected chi connectivity index (χ0v) is 8.85. The molecule has 1 aliphatic rings. The summed E-state index contributed by atoms with van der Waals surface area (Å²) in [5, 5.41) is 0.860. The number of halogens is 1. The van der Waals surface area contributed by atoms with Crippen LogP contribution < -0.4 is 11.5 Å². The fraction of sp³-hybridized carbons (Fsp3) is 0.455. The van der Waals surface area contributed by atoms with Crippen LogP contribution in [-0.2, 0) is 12.8 Å². The van der Waals surface area contributed by atoms with Gasteiger partial charge in [0.1, 0.15) is 0 Å². The van der Waals surface area contributed by atoms with Crippen LogP contribution in [0.2, 0.25) is 5.02 Å². The number of rotatable bonds is 2. The van der Waals surface area contributed by atoms with Crippen molar-refractivity contribution < 1.29 is 0 Å². The molecule has 0 heterocycles. The summed E-state index contributed by atoms with van der Waals surface area (Å²) >= 11 is 6.18. The van der Waals surface area contributed by atoms with Crippen LogP contribution in [0.3, 0.4) is 0 Å². The van der Waals surface area contributed by atoms with Gasteiger partial charge < -0.3 is 11.5 Å². The average Bonchev–Trinajstić information content (AvgIpc) is 2.64. The molecule has 2 rings (SSSR count). The van der Waals surface area contributed by atoms with Crippen molar-refractivity contribution in [1.29, 1.82) is 0 Å². The van der Waals surface area contributed by atoms with E-state index in [1.54, 1.807) is 0 Å². The van der Waals surface area contributed by atoms with Crippen LogP contribution in [0.25, 0.3) is 0 Å². The third-order valence-electron chi connectivity index (χ3n) is 2.87. The van der Waals surface area contributed by atoms with Crippen molar-refractivity contribution in [2.24, 2.45) is 11.5 Å². The molecular weight excluding hydrogens is 196 g/mol. The van der Waals surface area contributed by atoms with Gasteiger partial charge in [0.2, 0.25) is 0 Å². The lowest BCUT2D eigenvalue weighted by Gasteiger charge is -2.12. The minimum atomic E-state index is -0.0848. The molecule has 0 saturated heterocycles. The maximum atomic E-state index is 6.18. The normalized spacial score (nSPS) is 16.8. The van der Waals surface area contributed by atoms with Crippen LogP contribution in [0, 0.1) is 0 Å². The summed E-state index contributed by atoms with van der Waals surface area (Å²) in [6.45, 7) is 0.467. The molecular formula is C11H15ClN2. The summed E-state index contributed by atoms with van der Waals surface area (Å²) in [6, 6.07) is 4.04. The van der Waals surface area contributed by atoms with E-state index in [9.17, 15) is 0 Å². The Bertz CT molecular complexity index is 349. The molecule has 14 heavy (non-hydrogen) atoms. The summed E-state index contributed by atoms with van der Waals surface area (Å²) in [7, 11) is 0. The van der Waals surface area contributed by atoms with Crippen molar-refractivity contribution in [3.8, 4) is 0 Å². The smallest absolute Gasteiger partial charge is 0.0444 e. The van der Waals surface area contributed by atoms with Gasteiger partial charge in [-0.25, -0.2) is 0 Å². The zero-order valence-electron chi connectivity index (χ0n) is 8.09. The van der Waals surface area contributed by atoms with Gasteiger partial charge in [0.15, 0.2) is 0 Å². The SMILES string of the molecule is NCC(N)c1cc(Cl)c2c(c1)CCC2. The molecule has 0 amide bonds. The van der Waals surface area contributed by atoms with E-state index in [0.717, 1.165) is 23.4 Å². The zero-order chi connectivity index (χ0) is 10.1. The highest BCUT2D eigenvalue weighted by molar-refractivity contribution is 6.31. The van der Waals surface area contributed by atoms with E-state index in [-0.39, 0.29) is 6.04 Å². The van der Waals surface area contributed by atoms with E-state index in [4.69, 9.17) is 23.1 Å². The first-order valence-electron chi connectivity index (χ1n) is 4.99. The Kier molecular flexibility index (Phi) is 2.77. The molecule has 0 radical (unpaired) electrons. The van der Waals surface area contributed by atoms with Crippen molar-refractivity contribution in [3.05, 3.63) is 33.8 Å². The van der Waals surface area contributed by atoms with Crippen molar-refractivity contribution in [2.75, 3.05) is 6.54 Å². The third-order valence-corrected chi connectivity index (χ3v) is 3.20. The molecule has 1 unspecified atom stereocenters. The summed E-state index contributed by atoms with van der Waals surface area (Å²) in [4.78, 5) is 0. The third kappa shape index (κ3) is 1.65. The van der Waals surface area contributed by atoms with E-state index in [2.05, 4.69) is 6.07 Å². The Balaban J connectivity index is 2.41. The number of aryl methyl sites for hydroxylation is 1. The first-order valence-corrected chi connectivity index (χ1v) is 5.37. The summed E-state index contributed by atoms with van der Waals surface area (Å²) in [5.41, 5.74) is 15.1. The van der Waals surface area contributed by atoms with Crippen LogP contribution in [-0.4, -0.2) is 6.54 Å². The monoisotopic (exact) mass is 210 g/mol. The molecule has 0 spiro atoms. The van der Waals surface area contributed by atoms with E-state index in [0.29, 0.717) is 6.54 Å². The van der Waals surface area contributed by atoms with Crippen molar-refractivity contribution >= 4 is 11.6 Å². The Morgan fingerprint density at radius 1 is 1.36 bits per heavy atom. The molecule has 4 N–H and O–H groups in total. The van der Waals surface area contributed by atoms with E-state index in [1.165, 1.54) is 17.5 Å². The van der Waals surface area contributed by atoms with Crippen LogP contribution in [0.15, 0.2) is 12.1 Å². The molecule has 76 valence electrons. The second kappa shape index (κ2) is 3.89. The van der Waals surface area contributed by atoms with Gasteiger partial charge in [-0.15, -0.1) is 0 Å². The number of hydrogen-bond acceptors (Lipinski definition) is 2. The molecule has 0 saturated carbocycles. The van der Waals surface area contributed by atoms with Gasteiger partial charge in [-0.05, 0) is 42.0 Å². The highest BCUT2D eigenvalue weighted by Crippen LogP contribution is 2.31. The predicted molar refractivity (Wildman–Crippen MR) is 59.5 cm³/mol. The lowest BCUT2D eigenvalue weighted by Crippen LogP contribution is -2.20. The maximum Gasteiger partial charge on any atom is 0.0444 e. The minimum absolute atomic E-state index is 0.0848. The van der Waals surface area contributed by atoms with Crippen LogP contribution in [0.4, 0.5) is 0 Å². The van der Waals surface area contributed by atoms with Gasteiger partial charge in [-0.3, -0.25) is 0 Å². The van der Waals surface area contributed by atoms with Crippen molar-refractivity contribution in [3.63, 3.8) is 0 Å². The maximum absolute atomic E-state index is 6.18. The van der Waals surface area contributed by atoms with Crippen molar-refractivity contribution in [2.45, 2.75) is 25.3 Å². The Morgan fingerprint density at radius 2 is 2.14 bits per heavy atom. The second-order valence-electron chi connectivity index (χ2n) is 3.84. The Morgan fingerprint density at radius 3 is 2.86 bits per heavy atom. The minimum Gasteiger partial charge on any atom is -0.329 e. The summed E-state index contributed by atoms with van der Waals surface area (Å²) in [5.74, 6) is 0. The highest BCUT2D eigenvalue weighted by atomic mass is 35.5. The predicted octanol–water partition coefficient (Wildman–Crippen LogP) is 1.79. The molecule has 0 aliphatic heterocycles. The first kappa shape index (κ1) is 9.97. The molecule has 0 fully saturated rings. The van der Waals surface area contributed by atoms with Crippen LogP contribution in [0.1, 0.15) is 29.2 Å². The average molecular weight is 211 g/mol. The molecule has 3 heteroatoms. The molecule has 1 atom stereocenters. The molecule has 0 aromatic heterocycles. The fourth-order valence-corrected chi connectivity index (χ4v) is 2.37. The number of hydrogen-bond donors (Lipinski definition) is 2. The van der Waals surface area contributed by atoms with Gasteiger partial charge in [-0.2, -0.15) is 0 Å². The molecule has 2 nitrogen and oxygen atoms in total. The number of fused-ring (bicyclic) bond motifs is 1. The number of nitrogens with two attached hydrogens (primary N) is 2. The van der Waals surface area contributed by atoms with Gasteiger partial charge in [0.05, 0.1) is 0 Å². The second-order valence-corrected chi connectivity index (χ2v) is 4.24. The summed E-state index contributed by atoms with van der Waals surface area (Å²) in [6.07, 6.45) is 3.43. The van der Waals surface area contributed by atoms with Gasteiger partial charge in [-0.1, -0.05) is 17.7 Å². The van der Waals surface area contributed by atoms with Gasteiger partial charge in [0.25, 0.3) is 0 Å². The first-order chi connectivity index (χ1) is 6.72. The lowest BCUT2D eigenvalue weighted by atomic mass is 10.0. The highest BCUT2D eigenvalue weighted by Gasteiger charge is 2.16. The molecule has 1 aliphatic carbocycles. The van der Waals surface area contributed by atoms with Crippen LogP contribution in [0.5, 0.6) is 0 Å². The lowest BCUT2D eigenvalue weighted by molar-refractivity contribution is 0.736. The Labute approximate surface area is 89.2 Å². The van der Waals surface area contributed by atoms with E-state index >= 15 is 0 Å². The number of benzene rings is 1. The quantitative estimate of drug-likeness (QED) is 0.782. The van der Waals surface area contributed by atoms with E-state index in [1.807, 2.05) is 6.07 Å². The van der Waals surface area contributed by atoms with Gasteiger partial charge in [0, 0.05) is 17.6 Å². The largest absolute Gasteiger partial charge is 0.329 e. The van der Waals surface area contributed by atoms with Gasteiger partial charge >= 0.3 is 0 Å². The van der Waals surface area contributed by atoms with Crippen LogP contribution >= 0.6 is 11.6 Å². The van der Waals surface area contributed by atoms with E-state index < -0.39 is 0 Å². The Hall–Kier alpha value is -0.570. The molecule has 1 aromatic carbocycles. The molecule has 1 aromatic rings. The fourth-order valence-electron chi connectivity index (χ4n) is 2.03.